The predicted octanol–water partition coefficient (Wildman–Crippen LogP) is 6.23. The third-order valence-corrected chi connectivity index (χ3v) is 8.68. The van der Waals surface area contributed by atoms with Crippen molar-refractivity contribution in [3.05, 3.63) is 100 Å². The van der Waals surface area contributed by atoms with Crippen LogP contribution in [-0.4, -0.2) is 62.0 Å². The highest BCUT2D eigenvalue weighted by molar-refractivity contribution is 6.09. The van der Waals surface area contributed by atoms with Crippen LogP contribution in [0.1, 0.15) is 64.0 Å². The number of likely N-dealkylation sites (N-methyl/N-ethyl adjacent to an activating group) is 1. The first-order valence-electron chi connectivity index (χ1n) is 17.2. The number of nitrogens with one attached hydrogen (secondary N) is 8. The zero-order valence-corrected chi connectivity index (χ0v) is 30.4. The average Bonchev–Trinajstić information content (AvgIpc) is 4.05. The predicted molar refractivity (Wildman–Crippen MR) is 206 cm³/mol. The van der Waals surface area contributed by atoms with Crippen LogP contribution >= 0.6 is 0 Å². The molecule has 1 amide bonds. The van der Waals surface area contributed by atoms with E-state index in [1.54, 1.807) is 64.6 Å². The molecular formula is C39H53N9O2. The molecule has 2 fully saturated rings. The highest BCUT2D eigenvalue weighted by atomic mass is 16.5. The highest BCUT2D eigenvalue weighted by Crippen LogP contribution is 2.43. The first-order valence-corrected chi connectivity index (χ1v) is 17.2. The van der Waals surface area contributed by atoms with Crippen molar-refractivity contribution < 1.29 is 9.53 Å². The Kier molecular flexibility index (Phi) is 13.0. The van der Waals surface area contributed by atoms with E-state index in [1.807, 2.05) is 37.3 Å². The third-order valence-electron chi connectivity index (χ3n) is 8.68. The minimum atomic E-state index is -0.457. The lowest BCUT2D eigenvalue weighted by atomic mass is 9.96. The van der Waals surface area contributed by atoms with E-state index in [0.29, 0.717) is 40.9 Å². The SMILES string of the molecule is CC/C=C/C(=C\C=C(/C)C(=O)N(C)C/C(=C/NC)C(C)=N)c1c(C)ccc(N/C(=C/C(=N)NC(=C2CC2)C2CC2)C(=N)C2NC=CN2)c1OC. The number of rotatable bonds is 17. The molecule has 2 aliphatic carbocycles. The maximum atomic E-state index is 13.3. The molecule has 1 aromatic rings. The fraction of sp³-hybridized carbons (Fsp3) is 0.385. The Morgan fingerprint density at radius 3 is 2.38 bits per heavy atom. The van der Waals surface area contributed by atoms with Gasteiger partial charge < -0.3 is 41.6 Å². The van der Waals surface area contributed by atoms with Gasteiger partial charge in [0.05, 0.1) is 24.2 Å². The molecule has 0 spiro atoms. The van der Waals surface area contributed by atoms with Crippen LogP contribution in [0.3, 0.4) is 0 Å². The number of amides is 1. The minimum Gasteiger partial charge on any atom is -0.494 e. The number of nitrogens with zero attached hydrogens (tertiary/aromatic N) is 1. The topological polar surface area (TPSA) is 161 Å². The Labute approximate surface area is 296 Å². The molecule has 0 atom stereocenters. The molecule has 1 aromatic carbocycles. The van der Waals surface area contributed by atoms with Crippen LogP contribution in [0.4, 0.5) is 5.69 Å². The fourth-order valence-electron chi connectivity index (χ4n) is 5.67. The van der Waals surface area contributed by atoms with E-state index < -0.39 is 6.17 Å². The summed E-state index contributed by atoms with van der Waals surface area (Å²) in [5, 5.41) is 42.0. The molecule has 50 heavy (non-hydrogen) atoms. The van der Waals surface area contributed by atoms with Crippen LogP contribution in [-0.2, 0) is 4.79 Å². The van der Waals surface area contributed by atoms with Crippen LogP contribution in [0, 0.1) is 29.1 Å². The molecule has 2 saturated carbocycles. The highest BCUT2D eigenvalue weighted by Gasteiger charge is 2.32. The molecule has 8 N–H and O–H groups in total. The maximum Gasteiger partial charge on any atom is 0.249 e. The molecular weight excluding hydrogens is 626 g/mol. The first kappa shape index (κ1) is 37.5. The summed E-state index contributed by atoms with van der Waals surface area (Å²) in [7, 11) is 5.13. The molecule has 0 saturated heterocycles. The average molecular weight is 680 g/mol. The van der Waals surface area contributed by atoms with E-state index in [9.17, 15) is 4.79 Å². The zero-order chi connectivity index (χ0) is 36.4. The minimum absolute atomic E-state index is 0.141. The summed E-state index contributed by atoms with van der Waals surface area (Å²) in [5.41, 5.74) is 8.27. The van der Waals surface area contributed by atoms with Crippen molar-refractivity contribution in [3.8, 4) is 5.75 Å². The fourth-order valence-corrected chi connectivity index (χ4v) is 5.67. The zero-order valence-electron chi connectivity index (χ0n) is 30.4. The third kappa shape index (κ3) is 9.87. The number of aryl methyl sites for hydroxylation is 1. The van der Waals surface area contributed by atoms with Gasteiger partial charge in [0, 0.05) is 73.4 Å². The number of carbonyl (C=O) groups is 1. The van der Waals surface area contributed by atoms with E-state index in [0.717, 1.165) is 54.4 Å². The first-order chi connectivity index (χ1) is 24.0. The van der Waals surface area contributed by atoms with Crippen molar-refractivity contribution in [2.45, 2.75) is 66.0 Å². The van der Waals surface area contributed by atoms with Crippen LogP contribution < -0.4 is 31.3 Å². The number of amidine groups is 1. The number of ether oxygens (including phenoxy) is 1. The number of hydrogen-bond acceptors (Lipinski definition) is 9. The van der Waals surface area contributed by atoms with Crippen molar-refractivity contribution in [1.82, 2.24) is 26.2 Å². The Balaban J connectivity index is 1.69. The van der Waals surface area contributed by atoms with E-state index in [-0.39, 0.29) is 17.5 Å². The number of hydrogen-bond donors (Lipinski definition) is 8. The molecule has 0 radical (unpaired) electrons. The van der Waals surface area contributed by atoms with Gasteiger partial charge in [-0.1, -0.05) is 37.3 Å². The van der Waals surface area contributed by atoms with Crippen LogP contribution in [0.2, 0.25) is 0 Å². The van der Waals surface area contributed by atoms with Gasteiger partial charge in [-0.2, -0.15) is 0 Å². The van der Waals surface area contributed by atoms with Crippen LogP contribution in [0.15, 0.2) is 89.2 Å². The molecule has 3 aliphatic rings. The molecule has 0 bridgehead atoms. The molecule has 266 valence electrons. The Hall–Kier alpha value is -5.32. The number of allylic oxidation sites excluding steroid dienone is 7. The van der Waals surface area contributed by atoms with Crippen molar-refractivity contribution in [2.24, 2.45) is 5.92 Å². The van der Waals surface area contributed by atoms with Crippen molar-refractivity contribution in [2.75, 3.05) is 33.1 Å². The van der Waals surface area contributed by atoms with Gasteiger partial charge >= 0.3 is 0 Å². The Morgan fingerprint density at radius 1 is 1.10 bits per heavy atom. The van der Waals surface area contributed by atoms with Gasteiger partial charge in [0.1, 0.15) is 17.8 Å². The summed E-state index contributed by atoms with van der Waals surface area (Å²) < 4.78 is 6.07. The smallest absolute Gasteiger partial charge is 0.249 e. The van der Waals surface area contributed by atoms with E-state index in [1.165, 1.54) is 11.3 Å². The van der Waals surface area contributed by atoms with Gasteiger partial charge in [0.2, 0.25) is 5.91 Å². The lowest BCUT2D eigenvalue weighted by Gasteiger charge is -2.22. The lowest BCUT2D eigenvalue weighted by Crippen LogP contribution is -2.41. The summed E-state index contributed by atoms with van der Waals surface area (Å²) in [4.78, 5) is 14.9. The number of carbonyl (C=O) groups excluding carboxylic acids is 1. The van der Waals surface area contributed by atoms with E-state index in [4.69, 9.17) is 21.0 Å². The molecule has 1 heterocycles. The molecule has 0 aromatic heterocycles. The van der Waals surface area contributed by atoms with E-state index >= 15 is 0 Å². The second kappa shape index (κ2) is 17.4. The monoisotopic (exact) mass is 679 g/mol. The second-order valence-corrected chi connectivity index (χ2v) is 12.9. The lowest BCUT2D eigenvalue weighted by molar-refractivity contribution is -0.125. The molecule has 11 nitrogen and oxygen atoms in total. The molecule has 0 unspecified atom stereocenters. The van der Waals surface area contributed by atoms with Gasteiger partial charge in [-0.05, 0) is 81.6 Å². The molecule has 11 heteroatoms. The number of anilines is 1. The summed E-state index contributed by atoms with van der Waals surface area (Å²) >= 11 is 0. The maximum absolute atomic E-state index is 13.3. The van der Waals surface area contributed by atoms with Gasteiger partial charge in [0.25, 0.3) is 0 Å². The number of benzene rings is 1. The summed E-state index contributed by atoms with van der Waals surface area (Å²) in [6.07, 6.45) is 19.6. The summed E-state index contributed by atoms with van der Waals surface area (Å²) in [6.45, 7) is 7.89. The van der Waals surface area contributed by atoms with Crippen molar-refractivity contribution in [3.63, 3.8) is 0 Å². The van der Waals surface area contributed by atoms with Gasteiger partial charge in [-0.15, -0.1) is 0 Å². The molecule has 4 rings (SSSR count). The van der Waals surface area contributed by atoms with E-state index in [2.05, 4.69) is 39.6 Å². The summed E-state index contributed by atoms with van der Waals surface area (Å²) in [6, 6.07) is 3.92. The van der Waals surface area contributed by atoms with Crippen LogP contribution in [0.5, 0.6) is 5.75 Å². The quantitative estimate of drug-likeness (QED) is 0.0419. The Bertz CT molecular complexity index is 1710. The van der Waals surface area contributed by atoms with Gasteiger partial charge in [-0.3, -0.25) is 15.6 Å². The second-order valence-electron chi connectivity index (χ2n) is 12.9. The van der Waals surface area contributed by atoms with Gasteiger partial charge in [-0.25, -0.2) is 0 Å². The largest absolute Gasteiger partial charge is 0.494 e. The normalized spacial score (nSPS) is 16.5. The van der Waals surface area contributed by atoms with Gasteiger partial charge in [0.15, 0.2) is 0 Å². The van der Waals surface area contributed by atoms with Crippen LogP contribution in [0.25, 0.3) is 5.57 Å². The van der Waals surface area contributed by atoms with Crippen molar-refractivity contribution in [1.29, 1.82) is 16.2 Å². The Morgan fingerprint density at radius 2 is 1.80 bits per heavy atom. The number of methoxy groups -OCH3 is 1. The summed E-state index contributed by atoms with van der Waals surface area (Å²) in [5.74, 6) is 1.17. The standard InChI is InChI=1S/C39H53N9O2/c1-8-9-10-27(13-11-25(3)39(49)48(6)23-30(22-43-5)26(4)40)34-24(2)12-18-31(37(34)50-7)46-32(35(42)38-44-19-20-45-38)21-33(41)47-36(28-14-15-28)29-16-17-29/h9-13,18-22,28,38,40,42-46H,8,14-17,23H2,1-7H3,(H2,41,47)/b10-9+,25-11+,27-13+,30-22-,32-21+,40-26?,42-35?. The molecule has 1 aliphatic heterocycles. The van der Waals surface area contributed by atoms with Crippen molar-refractivity contribution >= 4 is 34.4 Å².